The molecule has 0 aliphatic heterocycles. The number of aromatic carboxylic acids is 1. The summed E-state index contributed by atoms with van der Waals surface area (Å²) in [5.41, 5.74) is 0.0715. The van der Waals surface area contributed by atoms with E-state index < -0.39 is 16.0 Å². The van der Waals surface area contributed by atoms with Crippen LogP contribution in [0.3, 0.4) is 0 Å². The molecule has 9 heteroatoms. The van der Waals surface area contributed by atoms with Crippen LogP contribution in [0.2, 0.25) is 5.02 Å². The molecule has 7 nitrogen and oxygen atoms in total. The lowest BCUT2D eigenvalue weighted by atomic mass is 10.2. The molecule has 0 aliphatic rings. The third-order valence-electron chi connectivity index (χ3n) is 3.29. The summed E-state index contributed by atoms with van der Waals surface area (Å²) in [6, 6.07) is 9.70. The average molecular weight is 400 g/mol. The molecule has 0 fully saturated rings. The molecule has 0 heterocycles. The fraction of sp³-hybridized carbons (Fsp3) is 0.235. The Labute approximate surface area is 156 Å². The van der Waals surface area contributed by atoms with E-state index in [-0.39, 0.29) is 39.6 Å². The molecule has 26 heavy (non-hydrogen) atoms. The van der Waals surface area contributed by atoms with E-state index in [4.69, 9.17) is 26.2 Å². The second kappa shape index (κ2) is 8.39. The van der Waals surface area contributed by atoms with Gasteiger partial charge in [-0.3, -0.25) is 4.72 Å². The summed E-state index contributed by atoms with van der Waals surface area (Å²) in [6.45, 7) is 2.01. The largest absolute Gasteiger partial charge is 0.487 e. The molecule has 2 aromatic rings. The minimum atomic E-state index is -4.06. The van der Waals surface area contributed by atoms with Crippen molar-refractivity contribution in [2.24, 2.45) is 0 Å². The number of halogens is 1. The molecule has 0 aliphatic carbocycles. The highest BCUT2D eigenvalue weighted by molar-refractivity contribution is 7.92. The van der Waals surface area contributed by atoms with Crippen molar-refractivity contribution in [1.82, 2.24) is 0 Å². The second-order valence-corrected chi connectivity index (χ2v) is 7.55. The van der Waals surface area contributed by atoms with Crippen LogP contribution in [0.1, 0.15) is 17.3 Å². The number of carboxylic acids is 1. The summed E-state index contributed by atoms with van der Waals surface area (Å²) in [6.07, 6.45) is -0.384. The number of benzene rings is 2. The minimum absolute atomic E-state index is 0.0403. The van der Waals surface area contributed by atoms with E-state index in [1.807, 2.05) is 0 Å². The van der Waals surface area contributed by atoms with Crippen LogP contribution in [0, 0.1) is 0 Å². The molecule has 0 saturated heterocycles. The number of rotatable bonds is 8. The molecule has 0 unspecified atom stereocenters. The lowest BCUT2D eigenvalue weighted by Gasteiger charge is -2.18. The van der Waals surface area contributed by atoms with E-state index in [1.165, 1.54) is 49.6 Å². The van der Waals surface area contributed by atoms with Crippen molar-refractivity contribution in [3.05, 3.63) is 53.1 Å². The SMILES string of the molecule is COC[C@H](C)Oc1ccc(Cl)cc1S(=O)(=O)Nc1cccc(C(=O)O)c1. The monoisotopic (exact) mass is 399 g/mol. The summed E-state index contributed by atoms with van der Waals surface area (Å²) in [5.74, 6) is -1.05. The number of carboxylic acid groups (broad SMARTS) is 1. The van der Waals surface area contributed by atoms with Crippen molar-refractivity contribution < 1.29 is 27.8 Å². The van der Waals surface area contributed by atoms with E-state index in [0.29, 0.717) is 0 Å². The van der Waals surface area contributed by atoms with Crippen molar-refractivity contribution in [2.45, 2.75) is 17.9 Å². The zero-order chi connectivity index (χ0) is 19.3. The van der Waals surface area contributed by atoms with Gasteiger partial charge >= 0.3 is 5.97 Å². The van der Waals surface area contributed by atoms with Crippen LogP contribution in [-0.2, 0) is 14.8 Å². The highest BCUT2D eigenvalue weighted by atomic mass is 35.5. The topological polar surface area (TPSA) is 102 Å². The number of nitrogens with one attached hydrogen (secondary N) is 1. The average Bonchev–Trinajstić information content (AvgIpc) is 2.56. The van der Waals surface area contributed by atoms with Gasteiger partial charge in [-0.1, -0.05) is 17.7 Å². The van der Waals surface area contributed by atoms with Gasteiger partial charge in [-0.05, 0) is 43.3 Å². The van der Waals surface area contributed by atoms with Crippen LogP contribution in [0.5, 0.6) is 5.75 Å². The van der Waals surface area contributed by atoms with Crippen molar-refractivity contribution in [3.63, 3.8) is 0 Å². The van der Waals surface area contributed by atoms with Crippen LogP contribution in [0.25, 0.3) is 0 Å². The molecule has 0 radical (unpaired) electrons. The standard InChI is InChI=1S/C17H18ClNO6S/c1-11(10-24-2)25-15-7-6-13(18)9-16(15)26(22,23)19-14-5-3-4-12(8-14)17(20)21/h3-9,11,19H,10H2,1-2H3,(H,20,21)/t11-/m0/s1. The Hall–Kier alpha value is -2.29. The second-order valence-electron chi connectivity index (χ2n) is 5.47. The molecule has 0 amide bonds. The molecule has 2 rings (SSSR count). The maximum atomic E-state index is 12.8. The molecule has 0 bridgehead atoms. The third kappa shape index (κ3) is 5.10. The van der Waals surface area contributed by atoms with E-state index in [9.17, 15) is 13.2 Å². The third-order valence-corrected chi connectivity index (χ3v) is 4.92. The maximum Gasteiger partial charge on any atom is 0.335 e. The first-order valence-corrected chi connectivity index (χ1v) is 9.40. The van der Waals surface area contributed by atoms with Gasteiger partial charge in [0.05, 0.1) is 12.2 Å². The fourth-order valence-corrected chi connectivity index (χ4v) is 3.65. The normalized spacial score (nSPS) is 12.4. The van der Waals surface area contributed by atoms with Crippen molar-refractivity contribution in [3.8, 4) is 5.75 Å². The minimum Gasteiger partial charge on any atom is -0.487 e. The van der Waals surface area contributed by atoms with Crippen LogP contribution in [0.4, 0.5) is 5.69 Å². The van der Waals surface area contributed by atoms with Crippen LogP contribution in [-0.4, -0.2) is 39.3 Å². The van der Waals surface area contributed by atoms with Crippen LogP contribution in [0.15, 0.2) is 47.4 Å². The van der Waals surface area contributed by atoms with Gasteiger partial charge in [-0.2, -0.15) is 0 Å². The predicted octanol–water partition coefficient (Wildman–Crippen LogP) is 3.25. The Morgan fingerprint density at radius 1 is 1.27 bits per heavy atom. The lowest BCUT2D eigenvalue weighted by molar-refractivity contribution is 0.0697. The van der Waals surface area contributed by atoms with E-state index in [0.717, 1.165) is 0 Å². The Kier molecular flexibility index (Phi) is 6.47. The number of anilines is 1. The van der Waals surface area contributed by atoms with Gasteiger partial charge < -0.3 is 14.6 Å². The van der Waals surface area contributed by atoms with Crippen molar-refractivity contribution in [1.29, 1.82) is 0 Å². The van der Waals surface area contributed by atoms with Crippen LogP contribution >= 0.6 is 11.6 Å². The van der Waals surface area contributed by atoms with Crippen LogP contribution < -0.4 is 9.46 Å². The van der Waals surface area contributed by atoms with E-state index in [2.05, 4.69) is 4.72 Å². The zero-order valence-electron chi connectivity index (χ0n) is 14.1. The summed E-state index contributed by atoms with van der Waals surface area (Å²) in [5, 5.41) is 9.25. The Morgan fingerprint density at radius 2 is 2.00 bits per heavy atom. The molecular formula is C17H18ClNO6S. The van der Waals surface area contributed by atoms with Crippen molar-refractivity contribution >= 4 is 33.3 Å². The molecule has 0 saturated carbocycles. The first-order chi connectivity index (χ1) is 12.2. The van der Waals surface area contributed by atoms with E-state index >= 15 is 0 Å². The summed E-state index contributed by atoms with van der Waals surface area (Å²) in [4.78, 5) is 10.9. The first-order valence-electron chi connectivity index (χ1n) is 7.54. The quantitative estimate of drug-likeness (QED) is 0.706. The smallest absolute Gasteiger partial charge is 0.335 e. The van der Waals surface area contributed by atoms with Gasteiger partial charge in [0.2, 0.25) is 0 Å². The van der Waals surface area contributed by atoms with Gasteiger partial charge in [-0.25, -0.2) is 13.2 Å². The number of ether oxygens (including phenoxy) is 2. The van der Waals surface area contributed by atoms with Gasteiger partial charge in [0.1, 0.15) is 16.7 Å². The Morgan fingerprint density at radius 3 is 2.65 bits per heavy atom. The summed E-state index contributed by atoms with van der Waals surface area (Å²) in [7, 11) is -2.55. The molecule has 0 aromatic heterocycles. The number of sulfonamides is 1. The Bertz CT molecular complexity index is 900. The van der Waals surface area contributed by atoms with E-state index in [1.54, 1.807) is 6.92 Å². The number of carbonyl (C=O) groups is 1. The number of hydrogen-bond donors (Lipinski definition) is 2. The predicted molar refractivity (Wildman–Crippen MR) is 97.6 cm³/mol. The lowest BCUT2D eigenvalue weighted by Crippen LogP contribution is -2.21. The number of hydrogen-bond acceptors (Lipinski definition) is 5. The fourth-order valence-electron chi connectivity index (χ4n) is 2.20. The summed E-state index contributed by atoms with van der Waals surface area (Å²) < 4.78 is 38.5. The molecule has 0 spiro atoms. The highest BCUT2D eigenvalue weighted by Gasteiger charge is 2.22. The van der Waals surface area contributed by atoms with Gasteiger partial charge in [0.25, 0.3) is 10.0 Å². The zero-order valence-corrected chi connectivity index (χ0v) is 15.7. The van der Waals surface area contributed by atoms with Gasteiger partial charge in [-0.15, -0.1) is 0 Å². The van der Waals surface area contributed by atoms with Gasteiger partial charge in [0.15, 0.2) is 0 Å². The van der Waals surface area contributed by atoms with Gasteiger partial charge in [0, 0.05) is 17.8 Å². The number of methoxy groups -OCH3 is 1. The maximum absolute atomic E-state index is 12.8. The molecule has 1 atom stereocenters. The van der Waals surface area contributed by atoms with Crippen molar-refractivity contribution in [2.75, 3.05) is 18.4 Å². The molecule has 2 aromatic carbocycles. The molecule has 2 N–H and O–H groups in total. The Balaban J connectivity index is 2.37. The first kappa shape index (κ1) is 20.0. The molecular weight excluding hydrogens is 382 g/mol. The highest BCUT2D eigenvalue weighted by Crippen LogP contribution is 2.30. The molecule has 140 valence electrons. The summed E-state index contributed by atoms with van der Waals surface area (Å²) >= 11 is 5.94.